The van der Waals surface area contributed by atoms with E-state index >= 15 is 0 Å². The van der Waals surface area contributed by atoms with Gasteiger partial charge >= 0.3 is 0 Å². The smallest absolute Gasteiger partial charge is 0.232 e. The summed E-state index contributed by atoms with van der Waals surface area (Å²) in [5.74, 6) is 1.62. The maximum atomic E-state index is 12.8. The van der Waals surface area contributed by atoms with Gasteiger partial charge in [-0.3, -0.25) is 9.10 Å². The van der Waals surface area contributed by atoms with Gasteiger partial charge in [-0.05, 0) is 49.6 Å². The lowest BCUT2D eigenvalue weighted by Gasteiger charge is -2.29. The van der Waals surface area contributed by atoms with Crippen LogP contribution in [0.1, 0.15) is 28.1 Å². The minimum atomic E-state index is -3.32. The summed E-state index contributed by atoms with van der Waals surface area (Å²) in [6.45, 7) is 2.33. The quantitative estimate of drug-likeness (QED) is 0.424. The van der Waals surface area contributed by atoms with Crippen LogP contribution in [-0.2, 0) is 23.5 Å². The predicted molar refractivity (Wildman–Crippen MR) is 115 cm³/mol. The molecule has 0 spiro atoms. The maximum absolute atomic E-state index is 12.8. The second-order valence-corrected chi connectivity index (χ2v) is 10.1. The van der Waals surface area contributed by atoms with Crippen molar-refractivity contribution in [2.24, 2.45) is 7.05 Å². The zero-order valence-electron chi connectivity index (χ0n) is 17.0. The van der Waals surface area contributed by atoms with E-state index in [1.807, 2.05) is 30.7 Å². The van der Waals surface area contributed by atoms with E-state index in [2.05, 4.69) is 10.2 Å². The molecule has 0 unspecified atom stereocenters. The number of rotatable bonds is 6. The van der Waals surface area contributed by atoms with Crippen molar-refractivity contribution in [3.05, 3.63) is 47.4 Å². The SMILES string of the molecule is Cc1occc1-c1nnc(SCC(=O)c2ccc3c(c2)CCCN3S(C)(=O)=O)n1C. The Hall–Kier alpha value is -2.59. The highest BCUT2D eigenvalue weighted by Crippen LogP contribution is 2.31. The number of aryl methyl sites for hydroxylation is 2. The molecule has 158 valence electrons. The van der Waals surface area contributed by atoms with Gasteiger partial charge in [-0.25, -0.2) is 8.42 Å². The second-order valence-electron chi connectivity index (χ2n) is 7.25. The van der Waals surface area contributed by atoms with E-state index in [1.165, 1.54) is 22.3 Å². The molecule has 2 aromatic heterocycles. The highest BCUT2D eigenvalue weighted by molar-refractivity contribution is 7.99. The molecule has 10 heteroatoms. The summed E-state index contributed by atoms with van der Waals surface area (Å²) < 4.78 is 32.6. The molecule has 3 heterocycles. The molecule has 0 saturated heterocycles. The van der Waals surface area contributed by atoms with Crippen LogP contribution in [0.15, 0.2) is 40.1 Å². The average Bonchev–Trinajstić information content (AvgIpc) is 3.29. The third-order valence-electron chi connectivity index (χ3n) is 5.14. The summed E-state index contributed by atoms with van der Waals surface area (Å²) in [7, 11) is -1.47. The van der Waals surface area contributed by atoms with Crippen LogP contribution >= 0.6 is 11.8 Å². The van der Waals surface area contributed by atoms with Gasteiger partial charge in [0.05, 0.1) is 29.5 Å². The van der Waals surface area contributed by atoms with Crippen molar-refractivity contribution in [3.63, 3.8) is 0 Å². The first-order valence-electron chi connectivity index (χ1n) is 9.46. The maximum Gasteiger partial charge on any atom is 0.232 e. The Kier molecular flexibility index (Phi) is 5.46. The number of fused-ring (bicyclic) bond motifs is 1. The lowest BCUT2D eigenvalue weighted by molar-refractivity contribution is 0.102. The molecule has 3 aromatic rings. The fraction of sp³-hybridized carbons (Fsp3) is 0.350. The molecule has 1 aliphatic rings. The third-order valence-corrected chi connectivity index (χ3v) is 7.34. The molecule has 0 aliphatic carbocycles. The Morgan fingerprint density at radius 3 is 2.77 bits per heavy atom. The van der Waals surface area contributed by atoms with Gasteiger partial charge in [0.1, 0.15) is 5.76 Å². The summed E-state index contributed by atoms with van der Waals surface area (Å²) in [6, 6.07) is 7.08. The van der Waals surface area contributed by atoms with Crippen LogP contribution in [0.5, 0.6) is 0 Å². The van der Waals surface area contributed by atoms with Crippen molar-refractivity contribution in [3.8, 4) is 11.4 Å². The summed E-state index contributed by atoms with van der Waals surface area (Å²) in [4.78, 5) is 12.8. The van der Waals surface area contributed by atoms with Crippen LogP contribution in [0.4, 0.5) is 5.69 Å². The molecular formula is C20H22N4O4S2. The summed E-state index contributed by atoms with van der Waals surface area (Å²) >= 11 is 1.32. The molecule has 8 nitrogen and oxygen atoms in total. The molecule has 30 heavy (non-hydrogen) atoms. The van der Waals surface area contributed by atoms with E-state index in [1.54, 1.807) is 18.4 Å². The molecule has 1 aliphatic heterocycles. The van der Waals surface area contributed by atoms with Gasteiger partial charge in [0.15, 0.2) is 16.8 Å². The fourth-order valence-corrected chi connectivity index (χ4v) is 5.39. The number of carbonyl (C=O) groups excluding carboxylic acids is 1. The monoisotopic (exact) mass is 446 g/mol. The van der Waals surface area contributed by atoms with Gasteiger partial charge in [0.25, 0.3) is 0 Å². The fourth-order valence-electron chi connectivity index (χ4n) is 3.59. The van der Waals surface area contributed by atoms with E-state index in [0.717, 1.165) is 29.7 Å². The van der Waals surface area contributed by atoms with Crippen LogP contribution in [0.2, 0.25) is 0 Å². The lowest BCUT2D eigenvalue weighted by atomic mass is 9.99. The third kappa shape index (κ3) is 3.89. The van der Waals surface area contributed by atoms with Crippen molar-refractivity contribution < 1.29 is 17.6 Å². The average molecular weight is 447 g/mol. The summed E-state index contributed by atoms with van der Waals surface area (Å²) in [5.41, 5.74) is 3.00. The second kappa shape index (κ2) is 7.92. The topological polar surface area (TPSA) is 98.3 Å². The summed E-state index contributed by atoms with van der Waals surface area (Å²) in [6.07, 6.45) is 4.31. The normalized spacial score (nSPS) is 14.0. The van der Waals surface area contributed by atoms with Crippen molar-refractivity contribution in [2.45, 2.75) is 24.9 Å². The van der Waals surface area contributed by atoms with Gasteiger partial charge in [-0.15, -0.1) is 10.2 Å². The Morgan fingerprint density at radius 1 is 1.27 bits per heavy atom. The molecule has 0 radical (unpaired) electrons. The molecule has 0 atom stereocenters. The Bertz CT molecular complexity index is 1210. The largest absolute Gasteiger partial charge is 0.469 e. The molecule has 0 saturated carbocycles. The molecule has 1 aromatic carbocycles. The number of hydrogen-bond donors (Lipinski definition) is 0. The first kappa shape index (κ1) is 20.7. The molecular weight excluding hydrogens is 424 g/mol. The Labute approximate surface area is 179 Å². The first-order valence-corrected chi connectivity index (χ1v) is 12.3. The van der Waals surface area contributed by atoms with E-state index in [4.69, 9.17) is 4.42 Å². The number of hydrogen-bond acceptors (Lipinski definition) is 7. The van der Waals surface area contributed by atoms with Crippen molar-refractivity contribution in [1.29, 1.82) is 0 Å². The number of ketones is 1. The van der Waals surface area contributed by atoms with Crippen LogP contribution in [-0.4, -0.2) is 47.5 Å². The Balaban J connectivity index is 1.49. The number of aromatic nitrogens is 3. The number of furan rings is 1. The van der Waals surface area contributed by atoms with E-state index in [9.17, 15) is 13.2 Å². The number of carbonyl (C=O) groups is 1. The predicted octanol–water partition coefficient (Wildman–Crippen LogP) is 3.07. The van der Waals surface area contributed by atoms with Gasteiger partial charge < -0.3 is 8.98 Å². The molecule has 0 amide bonds. The molecule has 0 bridgehead atoms. The zero-order valence-corrected chi connectivity index (χ0v) is 18.6. The number of Topliss-reactive ketones (excluding diaryl/α,β-unsaturated/α-hetero) is 1. The van der Waals surface area contributed by atoms with E-state index in [-0.39, 0.29) is 11.5 Å². The number of anilines is 1. The standard InChI is InChI=1S/C20H22N4O4S2/c1-13-16(8-10-28-13)19-21-22-20(23(19)2)29-12-18(25)15-6-7-17-14(11-15)5-4-9-24(17)30(3,26)27/h6-8,10-11H,4-5,9,12H2,1-3H3. The van der Waals surface area contributed by atoms with Crippen LogP contribution in [0.3, 0.4) is 0 Å². The highest BCUT2D eigenvalue weighted by atomic mass is 32.2. The van der Waals surface area contributed by atoms with Crippen LogP contribution in [0.25, 0.3) is 11.4 Å². The Morgan fingerprint density at radius 2 is 2.07 bits per heavy atom. The lowest BCUT2D eigenvalue weighted by Crippen LogP contribution is -2.34. The number of nitrogens with zero attached hydrogens (tertiary/aromatic N) is 4. The minimum Gasteiger partial charge on any atom is -0.469 e. The van der Waals surface area contributed by atoms with Crippen molar-refractivity contribution >= 4 is 33.3 Å². The number of sulfonamides is 1. The molecule has 0 N–H and O–H groups in total. The number of benzene rings is 1. The molecule has 4 rings (SSSR count). The van der Waals surface area contributed by atoms with Gasteiger partial charge in [-0.1, -0.05) is 11.8 Å². The van der Waals surface area contributed by atoms with E-state index < -0.39 is 10.0 Å². The molecule has 0 fully saturated rings. The highest BCUT2D eigenvalue weighted by Gasteiger charge is 2.25. The van der Waals surface area contributed by atoms with E-state index in [0.29, 0.717) is 28.8 Å². The van der Waals surface area contributed by atoms with Crippen LogP contribution < -0.4 is 4.31 Å². The zero-order chi connectivity index (χ0) is 21.5. The first-order chi connectivity index (χ1) is 14.3. The van der Waals surface area contributed by atoms with Crippen LogP contribution in [0, 0.1) is 6.92 Å². The van der Waals surface area contributed by atoms with Gasteiger partial charge in [0, 0.05) is 19.2 Å². The van der Waals surface area contributed by atoms with Crippen molar-refractivity contribution in [2.75, 3.05) is 22.9 Å². The van der Waals surface area contributed by atoms with Crippen molar-refractivity contribution in [1.82, 2.24) is 14.8 Å². The number of thioether (sulfide) groups is 1. The van der Waals surface area contributed by atoms with Gasteiger partial charge in [-0.2, -0.15) is 0 Å². The van der Waals surface area contributed by atoms with Gasteiger partial charge in [0.2, 0.25) is 10.0 Å². The summed E-state index contributed by atoms with van der Waals surface area (Å²) in [5, 5.41) is 9.05. The minimum absolute atomic E-state index is 0.0386.